The maximum atomic E-state index is 13.4. The van der Waals surface area contributed by atoms with Crippen molar-refractivity contribution in [1.82, 2.24) is 10.2 Å². The average Bonchev–Trinajstić information content (AvgIpc) is 2.66. The summed E-state index contributed by atoms with van der Waals surface area (Å²) in [6.45, 7) is 2.36. The van der Waals surface area contributed by atoms with E-state index in [1.807, 2.05) is 25.2 Å². The third-order valence-electron chi connectivity index (χ3n) is 4.92. The van der Waals surface area contributed by atoms with E-state index >= 15 is 0 Å². The highest BCUT2D eigenvalue weighted by molar-refractivity contribution is 9.11. The van der Waals surface area contributed by atoms with Crippen molar-refractivity contribution in [3.8, 4) is 0 Å². The van der Waals surface area contributed by atoms with Gasteiger partial charge in [-0.05, 0) is 73.0 Å². The Kier molecular flexibility index (Phi) is 9.34. The SMILES string of the molecule is CN(Cc1cc(Br)cc(Br)c1)C(=O)CC(=C1CCNCC1)c1ccc(F)cc1.Cl. The number of rotatable bonds is 5. The van der Waals surface area contributed by atoms with Crippen LogP contribution in [0.2, 0.25) is 0 Å². The lowest BCUT2D eigenvalue weighted by Crippen LogP contribution is -2.27. The lowest BCUT2D eigenvalue weighted by molar-refractivity contribution is -0.129. The van der Waals surface area contributed by atoms with E-state index < -0.39 is 0 Å². The van der Waals surface area contributed by atoms with Crippen LogP contribution in [-0.2, 0) is 11.3 Å². The van der Waals surface area contributed by atoms with Gasteiger partial charge in [-0.1, -0.05) is 49.6 Å². The fourth-order valence-electron chi connectivity index (χ4n) is 3.46. The molecule has 0 spiro atoms. The minimum atomic E-state index is -0.262. The standard InChI is InChI=1S/C22H23Br2FN2O.ClH/c1-27(14-15-10-18(23)12-19(24)11-15)22(28)13-21(17-6-8-26-9-7-17)16-2-4-20(25)5-3-16;/h2-5,10-12,26H,6-9,13-14H2,1H3;1H. The molecule has 29 heavy (non-hydrogen) atoms. The molecule has 0 atom stereocenters. The minimum absolute atomic E-state index is 0. The van der Waals surface area contributed by atoms with Crippen LogP contribution in [0, 0.1) is 5.82 Å². The molecule has 0 aliphatic carbocycles. The monoisotopic (exact) mass is 544 g/mol. The van der Waals surface area contributed by atoms with Crippen molar-refractivity contribution >= 4 is 55.7 Å². The topological polar surface area (TPSA) is 32.3 Å². The molecular formula is C22H24Br2ClFN2O. The summed E-state index contributed by atoms with van der Waals surface area (Å²) in [7, 11) is 1.83. The highest BCUT2D eigenvalue weighted by Crippen LogP contribution is 2.29. The highest BCUT2D eigenvalue weighted by Gasteiger charge is 2.18. The van der Waals surface area contributed by atoms with Gasteiger partial charge < -0.3 is 10.2 Å². The number of hydrogen-bond acceptors (Lipinski definition) is 2. The van der Waals surface area contributed by atoms with E-state index in [1.54, 1.807) is 17.0 Å². The van der Waals surface area contributed by atoms with E-state index in [4.69, 9.17) is 0 Å². The van der Waals surface area contributed by atoms with E-state index in [-0.39, 0.29) is 24.1 Å². The largest absolute Gasteiger partial charge is 0.341 e. The molecule has 0 aromatic heterocycles. The molecule has 1 fully saturated rings. The minimum Gasteiger partial charge on any atom is -0.341 e. The van der Waals surface area contributed by atoms with Crippen molar-refractivity contribution in [3.05, 3.63) is 73.9 Å². The molecule has 3 nitrogen and oxygen atoms in total. The Hall–Kier alpha value is -1.21. The van der Waals surface area contributed by atoms with Crippen molar-refractivity contribution in [2.75, 3.05) is 20.1 Å². The molecule has 1 amide bonds. The van der Waals surface area contributed by atoms with Gasteiger partial charge in [0.2, 0.25) is 5.91 Å². The van der Waals surface area contributed by atoms with Crippen LogP contribution >= 0.6 is 44.3 Å². The van der Waals surface area contributed by atoms with Crippen LogP contribution in [0.5, 0.6) is 0 Å². The van der Waals surface area contributed by atoms with Crippen molar-refractivity contribution in [1.29, 1.82) is 0 Å². The van der Waals surface area contributed by atoms with Gasteiger partial charge in [0.25, 0.3) is 0 Å². The van der Waals surface area contributed by atoms with Crippen LogP contribution in [0.15, 0.2) is 57.0 Å². The van der Waals surface area contributed by atoms with Crippen molar-refractivity contribution < 1.29 is 9.18 Å². The lowest BCUT2D eigenvalue weighted by atomic mass is 9.91. The van der Waals surface area contributed by atoms with Gasteiger partial charge >= 0.3 is 0 Å². The summed E-state index contributed by atoms with van der Waals surface area (Å²) in [6, 6.07) is 12.5. The lowest BCUT2D eigenvalue weighted by Gasteiger charge is -2.23. The predicted molar refractivity (Wildman–Crippen MR) is 126 cm³/mol. The van der Waals surface area contributed by atoms with Crippen LogP contribution in [0.4, 0.5) is 4.39 Å². The maximum Gasteiger partial charge on any atom is 0.227 e. The highest BCUT2D eigenvalue weighted by atomic mass is 79.9. The number of nitrogens with zero attached hydrogens (tertiary/aromatic N) is 1. The second-order valence-electron chi connectivity index (χ2n) is 7.04. The van der Waals surface area contributed by atoms with Crippen LogP contribution in [0.3, 0.4) is 0 Å². The van der Waals surface area contributed by atoms with Crippen LogP contribution in [0.1, 0.15) is 30.4 Å². The number of carbonyl (C=O) groups is 1. The average molecular weight is 547 g/mol. The number of benzene rings is 2. The molecule has 156 valence electrons. The molecular weight excluding hydrogens is 523 g/mol. The zero-order chi connectivity index (χ0) is 20.1. The van der Waals surface area contributed by atoms with Gasteiger partial charge in [-0.25, -0.2) is 4.39 Å². The molecule has 0 unspecified atom stereocenters. The Morgan fingerprint density at radius 1 is 1.07 bits per heavy atom. The summed E-state index contributed by atoms with van der Waals surface area (Å²) < 4.78 is 15.3. The van der Waals surface area contributed by atoms with E-state index in [0.29, 0.717) is 13.0 Å². The normalized spacial score (nSPS) is 13.6. The third kappa shape index (κ3) is 6.92. The van der Waals surface area contributed by atoms with Crippen LogP contribution in [0.25, 0.3) is 5.57 Å². The van der Waals surface area contributed by atoms with E-state index in [1.165, 1.54) is 17.7 Å². The van der Waals surface area contributed by atoms with Gasteiger partial charge in [-0.3, -0.25) is 4.79 Å². The predicted octanol–water partition coefficient (Wildman–Crippen LogP) is 5.96. The first-order valence-corrected chi connectivity index (χ1v) is 10.9. The van der Waals surface area contributed by atoms with Crippen LogP contribution < -0.4 is 5.32 Å². The zero-order valence-corrected chi connectivity index (χ0v) is 20.2. The third-order valence-corrected chi connectivity index (χ3v) is 5.84. The zero-order valence-electron chi connectivity index (χ0n) is 16.2. The number of halogens is 4. The van der Waals surface area contributed by atoms with E-state index in [0.717, 1.165) is 51.6 Å². The second kappa shape index (κ2) is 11.3. The van der Waals surface area contributed by atoms with Gasteiger partial charge in [-0.15, -0.1) is 12.4 Å². The van der Waals surface area contributed by atoms with Crippen molar-refractivity contribution in [3.63, 3.8) is 0 Å². The fraction of sp³-hybridized carbons (Fsp3) is 0.318. The van der Waals surface area contributed by atoms with Gasteiger partial charge in [0.05, 0.1) is 6.42 Å². The summed E-state index contributed by atoms with van der Waals surface area (Å²) >= 11 is 6.98. The van der Waals surface area contributed by atoms with Gasteiger partial charge in [0.1, 0.15) is 5.82 Å². The Morgan fingerprint density at radius 3 is 2.24 bits per heavy atom. The van der Waals surface area contributed by atoms with Crippen molar-refractivity contribution in [2.24, 2.45) is 0 Å². The Morgan fingerprint density at radius 2 is 1.66 bits per heavy atom. The number of nitrogens with one attached hydrogen (secondary N) is 1. The molecule has 0 bridgehead atoms. The van der Waals surface area contributed by atoms with E-state index in [9.17, 15) is 9.18 Å². The number of hydrogen-bond donors (Lipinski definition) is 1. The maximum absolute atomic E-state index is 13.4. The summed E-state index contributed by atoms with van der Waals surface area (Å²) in [6.07, 6.45) is 2.16. The fourth-order valence-corrected chi connectivity index (χ4v) is 4.85. The second-order valence-corrected chi connectivity index (χ2v) is 8.87. The summed E-state index contributed by atoms with van der Waals surface area (Å²) in [5.74, 6) is -0.205. The number of amides is 1. The molecule has 1 saturated heterocycles. The first-order valence-electron chi connectivity index (χ1n) is 9.29. The molecule has 1 heterocycles. The summed E-state index contributed by atoms with van der Waals surface area (Å²) in [5.41, 5.74) is 4.31. The van der Waals surface area contributed by atoms with Gasteiger partial charge in [-0.2, -0.15) is 0 Å². The molecule has 3 rings (SSSR count). The Labute approximate surface area is 194 Å². The molecule has 2 aromatic carbocycles. The molecule has 7 heteroatoms. The molecule has 1 N–H and O–H groups in total. The molecule has 1 aliphatic heterocycles. The summed E-state index contributed by atoms with van der Waals surface area (Å²) in [5, 5.41) is 3.35. The Balaban J connectivity index is 0.00000300. The molecule has 0 saturated carbocycles. The molecule has 0 radical (unpaired) electrons. The molecule has 2 aromatic rings. The smallest absolute Gasteiger partial charge is 0.227 e. The van der Waals surface area contributed by atoms with Crippen LogP contribution in [-0.4, -0.2) is 30.9 Å². The van der Waals surface area contributed by atoms with Crippen molar-refractivity contribution in [2.45, 2.75) is 25.8 Å². The van der Waals surface area contributed by atoms with E-state index in [2.05, 4.69) is 37.2 Å². The first-order chi connectivity index (χ1) is 13.4. The number of piperidine rings is 1. The first kappa shape index (κ1) is 24.1. The summed E-state index contributed by atoms with van der Waals surface area (Å²) in [4.78, 5) is 14.7. The van der Waals surface area contributed by atoms with Gasteiger partial charge in [0, 0.05) is 22.5 Å². The Bertz CT molecular complexity index is 859. The molecule has 1 aliphatic rings. The number of carbonyl (C=O) groups excluding carboxylic acids is 1. The van der Waals surface area contributed by atoms with Gasteiger partial charge in [0.15, 0.2) is 0 Å². The quantitative estimate of drug-likeness (QED) is 0.502.